The van der Waals surface area contributed by atoms with Crippen molar-refractivity contribution in [2.24, 2.45) is 5.92 Å². The lowest BCUT2D eigenvalue weighted by molar-refractivity contribution is -0.101. The van der Waals surface area contributed by atoms with Gasteiger partial charge in [0.05, 0.1) is 11.7 Å². The average Bonchev–Trinajstić information content (AvgIpc) is 3.14. The van der Waals surface area contributed by atoms with Crippen LogP contribution in [0.5, 0.6) is 0 Å². The Morgan fingerprint density at radius 2 is 2.24 bits per heavy atom. The summed E-state index contributed by atoms with van der Waals surface area (Å²) in [6.45, 7) is 0.796. The predicted octanol–water partition coefficient (Wildman–Crippen LogP) is 4.24. The molecule has 4 heteroatoms. The van der Waals surface area contributed by atoms with Crippen molar-refractivity contribution in [3.05, 3.63) is 35.2 Å². The molecule has 4 rings (SSSR count). The highest BCUT2D eigenvalue weighted by Gasteiger charge is 2.42. The maximum Gasteiger partial charge on any atom is 0.0834 e. The van der Waals surface area contributed by atoms with Gasteiger partial charge in [-0.1, -0.05) is 18.2 Å². The van der Waals surface area contributed by atoms with Crippen molar-refractivity contribution >= 4 is 33.2 Å². The van der Waals surface area contributed by atoms with Crippen molar-refractivity contribution in [2.45, 2.75) is 31.0 Å². The first-order chi connectivity index (χ1) is 10.3. The molecule has 1 N–H and O–H groups in total. The molecule has 0 saturated carbocycles. The molecule has 2 nitrogen and oxygen atoms in total. The monoisotopic (exact) mass is 320 g/mol. The highest BCUT2D eigenvalue weighted by atomic mass is 32.2. The number of hydrogen-bond donors (Lipinski definition) is 1. The van der Waals surface area contributed by atoms with E-state index < -0.39 is 0 Å². The van der Waals surface area contributed by atoms with Gasteiger partial charge >= 0.3 is 0 Å². The maximum atomic E-state index is 10.9. The summed E-state index contributed by atoms with van der Waals surface area (Å²) in [6, 6.07) is 8.39. The Kier molecular flexibility index (Phi) is 3.74. The SMILES string of the molecule is OC(c1csc2ccccc12)C1CCOC2(CCSC2)C1. The van der Waals surface area contributed by atoms with Crippen LogP contribution in [0.2, 0.25) is 0 Å². The van der Waals surface area contributed by atoms with Gasteiger partial charge in [0.15, 0.2) is 0 Å². The number of thiophene rings is 1. The van der Waals surface area contributed by atoms with Gasteiger partial charge in [-0.3, -0.25) is 0 Å². The van der Waals surface area contributed by atoms with E-state index in [1.165, 1.54) is 15.8 Å². The third-order valence-corrected chi connectivity index (χ3v) is 7.08. The summed E-state index contributed by atoms with van der Waals surface area (Å²) in [6.07, 6.45) is 2.77. The molecule has 0 bridgehead atoms. The number of rotatable bonds is 2. The van der Waals surface area contributed by atoms with Gasteiger partial charge in [0.25, 0.3) is 0 Å². The van der Waals surface area contributed by atoms with Crippen LogP contribution in [0.3, 0.4) is 0 Å². The number of aliphatic hydroxyl groups is 1. The first-order valence-electron chi connectivity index (χ1n) is 7.63. The molecule has 2 aliphatic heterocycles. The highest BCUT2D eigenvalue weighted by molar-refractivity contribution is 7.99. The molecule has 0 radical (unpaired) electrons. The molecule has 1 aromatic carbocycles. The zero-order chi connectivity index (χ0) is 14.3. The van der Waals surface area contributed by atoms with Gasteiger partial charge in [-0.05, 0) is 53.3 Å². The largest absolute Gasteiger partial charge is 0.388 e. The second-order valence-electron chi connectivity index (χ2n) is 6.22. The van der Waals surface area contributed by atoms with Gasteiger partial charge in [0.2, 0.25) is 0 Å². The van der Waals surface area contributed by atoms with Gasteiger partial charge in [0, 0.05) is 17.1 Å². The summed E-state index contributed by atoms with van der Waals surface area (Å²) >= 11 is 3.72. The molecule has 112 valence electrons. The van der Waals surface area contributed by atoms with Crippen molar-refractivity contribution in [2.75, 3.05) is 18.1 Å². The van der Waals surface area contributed by atoms with Crippen LogP contribution in [0.1, 0.15) is 30.9 Å². The fraction of sp³-hybridized carbons (Fsp3) is 0.529. The van der Waals surface area contributed by atoms with E-state index in [1.54, 1.807) is 11.3 Å². The van der Waals surface area contributed by atoms with Gasteiger partial charge in [-0.15, -0.1) is 11.3 Å². The zero-order valence-corrected chi connectivity index (χ0v) is 13.6. The van der Waals surface area contributed by atoms with Gasteiger partial charge in [-0.25, -0.2) is 0 Å². The Hall–Kier alpha value is -0.550. The van der Waals surface area contributed by atoms with Crippen molar-refractivity contribution < 1.29 is 9.84 Å². The summed E-state index contributed by atoms with van der Waals surface area (Å²) in [5.74, 6) is 2.63. The molecule has 0 amide bonds. The van der Waals surface area contributed by atoms with Gasteiger partial charge in [-0.2, -0.15) is 11.8 Å². The molecule has 1 spiro atoms. The molecular weight excluding hydrogens is 300 g/mol. The minimum Gasteiger partial charge on any atom is -0.388 e. The van der Waals surface area contributed by atoms with Crippen LogP contribution in [0.15, 0.2) is 29.6 Å². The molecule has 0 aliphatic carbocycles. The Bertz CT molecular complexity index is 631. The predicted molar refractivity (Wildman–Crippen MR) is 90.1 cm³/mol. The topological polar surface area (TPSA) is 29.5 Å². The van der Waals surface area contributed by atoms with Crippen molar-refractivity contribution in [1.29, 1.82) is 0 Å². The molecule has 2 aromatic rings. The lowest BCUT2D eigenvalue weighted by Crippen LogP contribution is -2.41. The molecule has 3 heterocycles. The highest BCUT2D eigenvalue weighted by Crippen LogP contribution is 2.45. The van der Waals surface area contributed by atoms with Gasteiger partial charge in [0.1, 0.15) is 0 Å². The third kappa shape index (κ3) is 2.52. The molecule has 21 heavy (non-hydrogen) atoms. The average molecular weight is 320 g/mol. The molecular formula is C17H20O2S2. The van der Waals surface area contributed by atoms with E-state index in [2.05, 4.69) is 29.6 Å². The van der Waals surface area contributed by atoms with Gasteiger partial charge < -0.3 is 9.84 Å². The van der Waals surface area contributed by atoms with E-state index in [9.17, 15) is 5.11 Å². The lowest BCUT2D eigenvalue weighted by Gasteiger charge is -2.39. The number of thioether (sulfide) groups is 1. The number of hydrogen-bond acceptors (Lipinski definition) is 4. The zero-order valence-electron chi connectivity index (χ0n) is 12.0. The fourth-order valence-corrected chi connectivity index (χ4v) is 6.05. The van der Waals surface area contributed by atoms with E-state index in [0.29, 0.717) is 5.92 Å². The smallest absolute Gasteiger partial charge is 0.0834 e. The fourth-order valence-electron chi connectivity index (χ4n) is 3.68. The maximum absolute atomic E-state index is 10.9. The summed E-state index contributed by atoms with van der Waals surface area (Å²) in [5.41, 5.74) is 1.16. The molecule has 2 fully saturated rings. The lowest BCUT2D eigenvalue weighted by atomic mass is 9.80. The van der Waals surface area contributed by atoms with Crippen LogP contribution in [0.4, 0.5) is 0 Å². The van der Waals surface area contributed by atoms with Crippen molar-refractivity contribution in [3.63, 3.8) is 0 Å². The second-order valence-corrected chi connectivity index (χ2v) is 8.24. The minimum atomic E-state index is -0.354. The number of aliphatic hydroxyl groups excluding tert-OH is 1. The first-order valence-corrected chi connectivity index (χ1v) is 9.67. The van der Waals surface area contributed by atoms with Crippen LogP contribution < -0.4 is 0 Å². The van der Waals surface area contributed by atoms with E-state index in [0.717, 1.165) is 37.2 Å². The number of ether oxygens (including phenoxy) is 1. The summed E-state index contributed by atoms with van der Waals surface area (Å²) in [4.78, 5) is 0. The standard InChI is InChI=1S/C17H20O2S2/c18-16(14-10-21-15-4-2-1-3-13(14)15)12-5-7-19-17(9-12)6-8-20-11-17/h1-4,10,12,16,18H,5-9,11H2. The molecule has 1 aromatic heterocycles. The Morgan fingerprint density at radius 3 is 3.10 bits per heavy atom. The van der Waals surface area contributed by atoms with Crippen LogP contribution >= 0.6 is 23.1 Å². The Morgan fingerprint density at radius 1 is 1.33 bits per heavy atom. The van der Waals surface area contributed by atoms with E-state index in [-0.39, 0.29) is 11.7 Å². The van der Waals surface area contributed by atoms with Crippen molar-refractivity contribution in [1.82, 2.24) is 0 Å². The Balaban J connectivity index is 1.60. The third-order valence-electron chi connectivity index (χ3n) is 4.87. The summed E-state index contributed by atoms with van der Waals surface area (Å²) in [7, 11) is 0. The minimum absolute atomic E-state index is 0.0421. The molecule has 2 aliphatic rings. The van der Waals surface area contributed by atoms with Crippen molar-refractivity contribution in [3.8, 4) is 0 Å². The van der Waals surface area contributed by atoms with E-state index in [1.807, 2.05) is 11.8 Å². The molecule has 3 atom stereocenters. The Labute approximate surface area is 133 Å². The van der Waals surface area contributed by atoms with Crippen LogP contribution in [0, 0.1) is 5.92 Å². The van der Waals surface area contributed by atoms with E-state index in [4.69, 9.17) is 4.74 Å². The van der Waals surface area contributed by atoms with Crippen LogP contribution in [-0.4, -0.2) is 28.8 Å². The molecule has 2 saturated heterocycles. The summed E-state index contributed by atoms with van der Waals surface area (Å²) in [5, 5.41) is 14.3. The summed E-state index contributed by atoms with van der Waals surface area (Å²) < 4.78 is 7.35. The molecule has 3 unspecified atom stereocenters. The van der Waals surface area contributed by atoms with Crippen LogP contribution in [-0.2, 0) is 4.74 Å². The number of fused-ring (bicyclic) bond motifs is 1. The van der Waals surface area contributed by atoms with E-state index >= 15 is 0 Å². The first kappa shape index (κ1) is 14.1. The number of benzene rings is 1. The second kappa shape index (κ2) is 5.58. The normalized spacial score (nSPS) is 31.0. The quantitative estimate of drug-likeness (QED) is 0.897. The van der Waals surface area contributed by atoms with Crippen LogP contribution in [0.25, 0.3) is 10.1 Å².